The predicted molar refractivity (Wildman–Crippen MR) is 73.1 cm³/mol. The molecule has 1 aromatic carbocycles. The molecule has 0 fully saturated rings. The van der Waals surface area contributed by atoms with Crippen LogP contribution in [0.2, 0.25) is 0 Å². The van der Waals surface area contributed by atoms with E-state index in [2.05, 4.69) is 58.3 Å². The Kier molecular flexibility index (Phi) is 3.15. The molecule has 0 radical (unpaired) electrons. The van der Waals surface area contributed by atoms with Crippen molar-refractivity contribution in [3.05, 3.63) is 33.9 Å². The van der Waals surface area contributed by atoms with Gasteiger partial charge in [0.25, 0.3) is 0 Å². The number of aromatic nitrogens is 1. The van der Waals surface area contributed by atoms with Gasteiger partial charge >= 0.3 is 0 Å². The average Bonchev–Trinajstić information content (AvgIpc) is 2.20. The Bertz CT molecular complexity index is 535. The van der Waals surface area contributed by atoms with Crippen molar-refractivity contribution in [2.75, 3.05) is 11.9 Å². The number of benzene rings is 1. The Morgan fingerprint density at radius 1 is 1.25 bits per heavy atom. The second-order valence-electron chi connectivity index (χ2n) is 3.98. The second-order valence-corrected chi connectivity index (χ2v) is 4.84. The van der Waals surface area contributed by atoms with Gasteiger partial charge in [0.1, 0.15) is 0 Å². The van der Waals surface area contributed by atoms with Gasteiger partial charge in [-0.05, 0) is 60.5 Å². The first kappa shape index (κ1) is 11.4. The summed E-state index contributed by atoms with van der Waals surface area (Å²) >= 11 is 3.58. The SMILES string of the molecule is CCNc1cc(C)nc2c(Br)cc(C)cc12. The van der Waals surface area contributed by atoms with Crippen molar-refractivity contribution in [2.24, 2.45) is 0 Å². The summed E-state index contributed by atoms with van der Waals surface area (Å²) in [6.07, 6.45) is 0. The number of fused-ring (bicyclic) bond motifs is 1. The number of pyridine rings is 1. The van der Waals surface area contributed by atoms with Gasteiger partial charge in [-0.2, -0.15) is 0 Å². The Morgan fingerprint density at radius 2 is 2.00 bits per heavy atom. The minimum absolute atomic E-state index is 0.921. The normalized spacial score (nSPS) is 10.8. The Hall–Kier alpha value is -1.09. The molecule has 0 saturated heterocycles. The fourth-order valence-electron chi connectivity index (χ4n) is 1.89. The molecule has 0 amide bonds. The lowest BCUT2D eigenvalue weighted by molar-refractivity contribution is 1.19. The third-order valence-electron chi connectivity index (χ3n) is 2.51. The summed E-state index contributed by atoms with van der Waals surface area (Å²) in [6, 6.07) is 6.37. The minimum Gasteiger partial charge on any atom is -0.385 e. The Morgan fingerprint density at radius 3 is 2.69 bits per heavy atom. The lowest BCUT2D eigenvalue weighted by Crippen LogP contribution is -1.99. The fourth-order valence-corrected chi connectivity index (χ4v) is 2.55. The topological polar surface area (TPSA) is 24.9 Å². The molecule has 0 spiro atoms. The number of rotatable bonds is 2. The smallest absolute Gasteiger partial charge is 0.0868 e. The van der Waals surface area contributed by atoms with Crippen molar-refractivity contribution >= 4 is 32.5 Å². The maximum Gasteiger partial charge on any atom is 0.0868 e. The summed E-state index contributed by atoms with van der Waals surface area (Å²) in [7, 11) is 0. The first-order valence-electron chi connectivity index (χ1n) is 5.43. The molecule has 0 atom stereocenters. The van der Waals surface area contributed by atoms with Gasteiger partial charge in [-0.15, -0.1) is 0 Å². The number of anilines is 1. The van der Waals surface area contributed by atoms with Crippen LogP contribution in [0.25, 0.3) is 10.9 Å². The van der Waals surface area contributed by atoms with E-state index in [1.54, 1.807) is 0 Å². The average molecular weight is 279 g/mol. The lowest BCUT2D eigenvalue weighted by atomic mass is 10.1. The molecule has 0 saturated carbocycles. The summed E-state index contributed by atoms with van der Waals surface area (Å²) in [5.74, 6) is 0. The van der Waals surface area contributed by atoms with Gasteiger partial charge in [0, 0.05) is 27.8 Å². The highest BCUT2D eigenvalue weighted by molar-refractivity contribution is 9.10. The molecule has 2 aromatic rings. The molecule has 84 valence electrons. The molecule has 2 rings (SSSR count). The standard InChI is InChI=1S/C13H15BrN2/c1-4-15-12-7-9(3)16-13-10(12)5-8(2)6-11(13)14/h5-7H,4H2,1-3H3,(H,15,16). The van der Waals surface area contributed by atoms with E-state index in [9.17, 15) is 0 Å². The lowest BCUT2D eigenvalue weighted by Gasteiger charge is -2.11. The van der Waals surface area contributed by atoms with Crippen LogP contribution >= 0.6 is 15.9 Å². The zero-order chi connectivity index (χ0) is 11.7. The largest absolute Gasteiger partial charge is 0.385 e. The van der Waals surface area contributed by atoms with E-state index in [0.717, 1.165) is 27.9 Å². The summed E-state index contributed by atoms with van der Waals surface area (Å²) < 4.78 is 1.06. The molecule has 0 aliphatic rings. The number of hydrogen-bond donors (Lipinski definition) is 1. The quantitative estimate of drug-likeness (QED) is 0.897. The van der Waals surface area contributed by atoms with E-state index in [1.807, 2.05) is 6.92 Å². The zero-order valence-electron chi connectivity index (χ0n) is 9.76. The van der Waals surface area contributed by atoms with Crippen LogP contribution in [0, 0.1) is 13.8 Å². The number of hydrogen-bond acceptors (Lipinski definition) is 2. The number of aryl methyl sites for hydroxylation is 2. The van der Waals surface area contributed by atoms with Crippen LogP contribution in [0.3, 0.4) is 0 Å². The number of nitrogens with zero attached hydrogens (tertiary/aromatic N) is 1. The molecule has 16 heavy (non-hydrogen) atoms. The van der Waals surface area contributed by atoms with Crippen molar-refractivity contribution in [3.63, 3.8) is 0 Å². The van der Waals surface area contributed by atoms with Gasteiger partial charge in [0.05, 0.1) is 5.52 Å². The third-order valence-corrected chi connectivity index (χ3v) is 3.11. The number of nitrogens with one attached hydrogen (secondary N) is 1. The molecule has 0 bridgehead atoms. The van der Waals surface area contributed by atoms with Gasteiger partial charge in [0.15, 0.2) is 0 Å². The van der Waals surface area contributed by atoms with Crippen LogP contribution in [0.5, 0.6) is 0 Å². The van der Waals surface area contributed by atoms with Crippen LogP contribution in [0.15, 0.2) is 22.7 Å². The van der Waals surface area contributed by atoms with E-state index in [4.69, 9.17) is 0 Å². The molecular formula is C13H15BrN2. The Balaban J connectivity index is 2.78. The van der Waals surface area contributed by atoms with Crippen molar-refractivity contribution < 1.29 is 0 Å². The van der Waals surface area contributed by atoms with E-state index in [1.165, 1.54) is 10.9 Å². The van der Waals surface area contributed by atoms with E-state index < -0.39 is 0 Å². The van der Waals surface area contributed by atoms with Crippen LogP contribution < -0.4 is 5.32 Å². The zero-order valence-corrected chi connectivity index (χ0v) is 11.4. The van der Waals surface area contributed by atoms with Crippen molar-refractivity contribution in [3.8, 4) is 0 Å². The van der Waals surface area contributed by atoms with Gasteiger partial charge in [-0.3, -0.25) is 4.98 Å². The van der Waals surface area contributed by atoms with E-state index in [-0.39, 0.29) is 0 Å². The van der Waals surface area contributed by atoms with Crippen molar-refractivity contribution in [1.82, 2.24) is 4.98 Å². The molecule has 0 aliphatic heterocycles. The third kappa shape index (κ3) is 2.05. The highest BCUT2D eigenvalue weighted by Gasteiger charge is 2.07. The molecule has 1 heterocycles. The second kappa shape index (κ2) is 4.42. The summed E-state index contributed by atoms with van der Waals surface area (Å²) in [4.78, 5) is 4.57. The molecular weight excluding hydrogens is 264 g/mol. The van der Waals surface area contributed by atoms with Crippen LogP contribution in [0.4, 0.5) is 5.69 Å². The van der Waals surface area contributed by atoms with E-state index in [0.29, 0.717) is 0 Å². The molecule has 1 N–H and O–H groups in total. The molecule has 0 unspecified atom stereocenters. The summed E-state index contributed by atoms with van der Waals surface area (Å²) in [5.41, 5.74) is 4.47. The fraction of sp³-hybridized carbons (Fsp3) is 0.308. The van der Waals surface area contributed by atoms with Gasteiger partial charge in [-0.25, -0.2) is 0 Å². The number of halogens is 1. The monoisotopic (exact) mass is 278 g/mol. The Labute approximate surface area is 104 Å². The predicted octanol–water partition coefficient (Wildman–Crippen LogP) is 4.05. The molecule has 3 heteroatoms. The van der Waals surface area contributed by atoms with Crippen LogP contribution in [0.1, 0.15) is 18.2 Å². The first-order valence-corrected chi connectivity index (χ1v) is 6.22. The molecule has 2 nitrogen and oxygen atoms in total. The maximum absolute atomic E-state index is 4.57. The maximum atomic E-state index is 4.57. The van der Waals surface area contributed by atoms with Gasteiger partial charge in [-0.1, -0.05) is 0 Å². The van der Waals surface area contributed by atoms with Crippen LogP contribution in [-0.4, -0.2) is 11.5 Å². The summed E-state index contributed by atoms with van der Waals surface area (Å²) in [6.45, 7) is 7.14. The highest BCUT2D eigenvalue weighted by atomic mass is 79.9. The van der Waals surface area contributed by atoms with Gasteiger partial charge < -0.3 is 5.32 Å². The highest BCUT2D eigenvalue weighted by Crippen LogP contribution is 2.30. The van der Waals surface area contributed by atoms with Crippen molar-refractivity contribution in [1.29, 1.82) is 0 Å². The molecule has 0 aliphatic carbocycles. The summed E-state index contributed by atoms with van der Waals surface area (Å²) in [5, 5.41) is 4.56. The van der Waals surface area contributed by atoms with Gasteiger partial charge in [0.2, 0.25) is 0 Å². The first-order chi connectivity index (χ1) is 7.61. The van der Waals surface area contributed by atoms with E-state index >= 15 is 0 Å². The molecule has 1 aromatic heterocycles. The van der Waals surface area contributed by atoms with Crippen molar-refractivity contribution in [2.45, 2.75) is 20.8 Å². The minimum atomic E-state index is 0.921. The van der Waals surface area contributed by atoms with Crippen LogP contribution in [-0.2, 0) is 0 Å².